The average Bonchev–Trinajstić information content (AvgIpc) is 3.13. The van der Waals surface area contributed by atoms with E-state index in [1.807, 2.05) is 0 Å². The number of alkyl halides is 3. The second-order valence-corrected chi connectivity index (χ2v) is 7.55. The fraction of sp³-hybridized carbons (Fsp3) is 0.455. The first kappa shape index (κ1) is 25.3. The lowest BCUT2D eigenvalue weighted by Gasteiger charge is -2.30. The van der Waals surface area contributed by atoms with Crippen molar-refractivity contribution in [3.63, 3.8) is 0 Å². The van der Waals surface area contributed by atoms with Gasteiger partial charge in [-0.05, 0) is 51.1 Å². The molecule has 7 nitrogen and oxygen atoms in total. The van der Waals surface area contributed by atoms with Crippen molar-refractivity contribution in [1.29, 1.82) is 0 Å². The molecule has 32 heavy (non-hydrogen) atoms. The van der Waals surface area contributed by atoms with Crippen LogP contribution in [0.15, 0.2) is 40.8 Å². The van der Waals surface area contributed by atoms with Crippen LogP contribution in [0.1, 0.15) is 30.9 Å². The van der Waals surface area contributed by atoms with Crippen molar-refractivity contribution in [2.45, 2.75) is 39.5 Å². The average molecular weight is 455 g/mol. The number of carbonyl (C=O) groups excluding carboxylic acids is 2. The summed E-state index contributed by atoms with van der Waals surface area (Å²) in [6.45, 7) is 5.76. The number of methoxy groups -OCH3 is 1. The van der Waals surface area contributed by atoms with Gasteiger partial charge in [0.15, 0.2) is 0 Å². The topological polar surface area (TPSA) is 75.0 Å². The van der Waals surface area contributed by atoms with Crippen molar-refractivity contribution in [3.05, 3.63) is 53.5 Å². The zero-order chi connectivity index (χ0) is 23.9. The van der Waals surface area contributed by atoms with Gasteiger partial charge in [-0.3, -0.25) is 4.79 Å². The van der Waals surface area contributed by atoms with Gasteiger partial charge in [0.2, 0.25) is 5.91 Å². The van der Waals surface area contributed by atoms with Crippen molar-refractivity contribution in [2.75, 3.05) is 32.1 Å². The summed E-state index contributed by atoms with van der Waals surface area (Å²) in [5, 5.41) is 2.45. The van der Waals surface area contributed by atoms with E-state index >= 15 is 0 Å². The first-order valence-corrected chi connectivity index (χ1v) is 10.1. The number of carbonyl (C=O) groups is 2. The third-order valence-electron chi connectivity index (χ3n) is 4.69. The molecule has 0 bridgehead atoms. The number of benzene rings is 1. The zero-order valence-electron chi connectivity index (χ0n) is 18.5. The van der Waals surface area contributed by atoms with Gasteiger partial charge in [0.05, 0.1) is 18.7 Å². The SMILES string of the molecule is COCCN(Cc1ccc(C)o1)C(=O)CN(C(=O)Nc1cccc(C(F)(F)F)c1)C(C)C. The summed E-state index contributed by atoms with van der Waals surface area (Å²) >= 11 is 0. The fourth-order valence-corrected chi connectivity index (χ4v) is 2.95. The molecule has 0 radical (unpaired) electrons. The Bertz CT molecular complexity index is 912. The van der Waals surface area contributed by atoms with Crippen LogP contribution in [-0.2, 0) is 22.3 Å². The summed E-state index contributed by atoms with van der Waals surface area (Å²) in [6.07, 6.45) is -4.53. The third kappa shape index (κ3) is 7.30. The minimum Gasteiger partial charge on any atom is -0.464 e. The Morgan fingerprint density at radius 1 is 1.19 bits per heavy atom. The Hall–Kier alpha value is -3.01. The summed E-state index contributed by atoms with van der Waals surface area (Å²) in [5.41, 5.74) is -0.882. The van der Waals surface area contributed by atoms with Crippen LogP contribution in [0.3, 0.4) is 0 Å². The number of urea groups is 1. The lowest BCUT2D eigenvalue weighted by molar-refractivity contribution is -0.137. The zero-order valence-corrected chi connectivity index (χ0v) is 18.5. The predicted octanol–water partition coefficient (Wildman–Crippen LogP) is 4.52. The summed E-state index contributed by atoms with van der Waals surface area (Å²) in [5.74, 6) is 0.962. The number of aryl methyl sites for hydroxylation is 1. The van der Waals surface area contributed by atoms with Crippen LogP contribution < -0.4 is 5.32 Å². The molecule has 0 atom stereocenters. The number of nitrogens with zero attached hydrogens (tertiary/aromatic N) is 2. The molecule has 0 aliphatic rings. The van der Waals surface area contributed by atoms with E-state index in [1.165, 1.54) is 29.0 Å². The normalized spacial score (nSPS) is 11.5. The summed E-state index contributed by atoms with van der Waals surface area (Å²) in [7, 11) is 1.52. The van der Waals surface area contributed by atoms with Crippen molar-refractivity contribution < 1.29 is 31.9 Å². The van der Waals surface area contributed by atoms with Crippen LogP contribution in [0.5, 0.6) is 0 Å². The minimum atomic E-state index is -4.53. The Morgan fingerprint density at radius 2 is 1.91 bits per heavy atom. The highest BCUT2D eigenvalue weighted by atomic mass is 19.4. The second kappa shape index (κ2) is 11.0. The Balaban J connectivity index is 2.12. The van der Waals surface area contributed by atoms with Crippen molar-refractivity contribution in [1.82, 2.24) is 9.80 Å². The van der Waals surface area contributed by atoms with Crippen molar-refractivity contribution >= 4 is 17.6 Å². The van der Waals surface area contributed by atoms with Gasteiger partial charge in [-0.25, -0.2) is 4.79 Å². The lowest BCUT2D eigenvalue weighted by Crippen LogP contribution is -2.47. The molecule has 0 saturated heterocycles. The highest BCUT2D eigenvalue weighted by Gasteiger charge is 2.31. The van der Waals surface area contributed by atoms with Gasteiger partial charge in [-0.1, -0.05) is 6.07 Å². The smallest absolute Gasteiger partial charge is 0.416 e. The molecule has 1 N–H and O–H groups in total. The maximum atomic E-state index is 13.0. The molecular formula is C22H28F3N3O4. The molecule has 0 aliphatic carbocycles. The molecule has 0 fully saturated rings. The third-order valence-corrected chi connectivity index (χ3v) is 4.69. The van der Waals surface area contributed by atoms with Gasteiger partial charge in [0.25, 0.3) is 0 Å². The van der Waals surface area contributed by atoms with Crippen LogP contribution in [0.2, 0.25) is 0 Å². The predicted molar refractivity (Wildman–Crippen MR) is 113 cm³/mol. The van der Waals surface area contributed by atoms with E-state index in [2.05, 4.69) is 5.32 Å². The quantitative estimate of drug-likeness (QED) is 0.603. The second-order valence-electron chi connectivity index (χ2n) is 7.55. The summed E-state index contributed by atoms with van der Waals surface area (Å²) in [6, 6.07) is 6.85. The van der Waals surface area contributed by atoms with Gasteiger partial charge < -0.3 is 24.3 Å². The standard InChI is InChI=1S/C22H28F3N3O4/c1-15(2)28(21(30)26-18-7-5-6-17(12-18)22(23,24)25)14-20(29)27(10-11-31-4)13-19-9-8-16(3)32-19/h5-9,12,15H,10-11,13-14H2,1-4H3,(H,26,30). The Kier molecular flexibility index (Phi) is 8.71. The maximum Gasteiger partial charge on any atom is 0.416 e. The number of hydrogen-bond acceptors (Lipinski definition) is 4. The van der Waals surface area contributed by atoms with E-state index in [0.29, 0.717) is 18.1 Å². The Labute approximate surface area is 185 Å². The molecule has 0 saturated carbocycles. The van der Waals surface area contributed by atoms with E-state index in [0.717, 1.165) is 12.1 Å². The van der Waals surface area contributed by atoms with Crippen LogP contribution in [0.25, 0.3) is 0 Å². The van der Waals surface area contributed by atoms with E-state index in [9.17, 15) is 22.8 Å². The van der Waals surface area contributed by atoms with Crippen molar-refractivity contribution in [3.8, 4) is 0 Å². The number of nitrogens with one attached hydrogen (secondary N) is 1. The minimum absolute atomic E-state index is 0.00905. The highest BCUT2D eigenvalue weighted by molar-refractivity contribution is 5.92. The van der Waals surface area contributed by atoms with E-state index in [-0.39, 0.29) is 37.3 Å². The molecule has 1 heterocycles. The number of furan rings is 1. The molecule has 2 aromatic rings. The van der Waals surface area contributed by atoms with E-state index in [1.54, 1.807) is 32.9 Å². The van der Waals surface area contributed by atoms with Crippen LogP contribution in [0, 0.1) is 6.92 Å². The first-order chi connectivity index (χ1) is 15.0. The number of anilines is 1. The van der Waals surface area contributed by atoms with Crippen molar-refractivity contribution in [2.24, 2.45) is 0 Å². The molecular weight excluding hydrogens is 427 g/mol. The fourth-order valence-electron chi connectivity index (χ4n) is 2.95. The number of amides is 3. The molecule has 0 unspecified atom stereocenters. The number of hydrogen-bond donors (Lipinski definition) is 1. The molecule has 10 heteroatoms. The maximum absolute atomic E-state index is 13.0. The number of halogens is 3. The summed E-state index contributed by atoms with van der Waals surface area (Å²) in [4.78, 5) is 28.5. The Morgan fingerprint density at radius 3 is 2.47 bits per heavy atom. The van der Waals surface area contributed by atoms with Crippen LogP contribution in [0.4, 0.5) is 23.7 Å². The lowest BCUT2D eigenvalue weighted by atomic mass is 10.2. The molecule has 2 rings (SSSR count). The first-order valence-electron chi connectivity index (χ1n) is 10.1. The molecule has 3 amide bonds. The van der Waals surface area contributed by atoms with Gasteiger partial charge >= 0.3 is 12.2 Å². The van der Waals surface area contributed by atoms with Gasteiger partial charge in [-0.2, -0.15) is 13.2 Å². The highest BCUT2D eigenvalue weighted by Crippen LogP contribution is 2.30. The molecule has 1 aromatic heterocycles. The molecule has 0 aliphatic heterocycles. The van der Waals surface area contributed by atoms with E-state index in [4.69, 9.17) is 9.15 Å². The van der Waals surface area contributed by atoms with E-state index < -0.39 is 17.8 Å². The summed E-state index contributed by atoms with van der Waals surface area (Å²) < 4.78 is 49.4. The number of ether oxygens (including phenoxy) is 1. The largest absolute Gasteiger partial charge is 0.464 e. The molecule has 1 aromatic carbocycles. The molecule has 176 valence electrons. The molecule has 0 spiro atoms. The monoisotopic (exact) mass is 455 g/mol. The van der Waals surface area contributed by atoms with Gasteiger partial charge in [0.1, 0.15) is 18.1 Å². The van der Waals surface area contributed by atoms with Crippen LogP contribution >= 0.6 is 0 Å². The number of rotatable bonds is 9. The van der Waals surface area contributed by atoms with Gasteiger partial charge in [-0.15, -0.1) is 0 Å². The van der Waals surface area contributed by atoms with Crippen LogP contribution in [-0.4, -0.2) is 54.6 Å². The van der Waals surface area contributed by atoms with Gasteiger partial charge in [0, 0.05) is 25.4 Å².